The number of phenols is 1. The summed E-state index contributed by atoms with van der Waals surface area (Å²) in [5.74, 6) is 0.0612. The molecule has 0 unspecified atom stereocenters. The van der Waals surface area contributed by atoms with Crippen molar-refractivity contribution in [2.24, 2.45) is 5.73 Å². The van der Waals surface area contributed by atoms with Crippen LogP contribution in [0.25, 0.3) is 0 Å². The fourth-order valence-electron chi connectivity index (χ4n) is 1.45. The third-order valence-corrected chi connectivity index (χ3v) is 3.04. The van der Waals surface area contributed by atoms with Crippen LogP contribution < -0.4 is 10.5 Å². The zero-order valence-corrected chi connectivity index (χ0v) is 12.4. The predicted molar refractivity (Wildman–Crippen MR) is 71.8 cm³/mol. The number of halogens is 5. The maximum atomic E-state index is 12.1. The Kier molecular flexibility index (Phi) is 6.96. The molecule has 1 aromatic rings. The van der Waals surface area contributed by atoms with E-state index < -0.39 is 18.6 Å². The van der Waals surface area contributed by atoms with Gasteiger partial charge in [-0.2, -0.15) is 13.2 Å². The number of alkyl halides is 3. The number of phenolic OH excluding ortho intramolecular Hbond substituents is 1. The van der Waals surface area contributed by atoms with E-state index in [9.17, 15) is 18.3 Å². The molecule has 1 aromatic carbocycles. The maximum Gasteiger partial charge on any atom is 0.389 e. The van der Waals surface area contributed by atoms with Gasteiger partial charge in [0, 0.05) is 12.5 Å². The van der Waals surface area contributed by atoms with Crippen LogP contribution in [-0.2, 0) is 0 Å². The third kappa shape index (κ3) is 5.46. The Morgan fingerprint density at radius 2 is 2.00 bits per heavy atom. The number of nitrogens with two attached hydrogens (primary N) is 1. The molecular formula is C11H14BrClF3NO2. The summed E-state index contributed by atoms with van der Waals surface area (Å²) >= 11 is 3.09. The molecule has 1 atom stereocenters. The first kappa shape index (κ1) is 18.3. The lowest BCUT2D eigenvalue weighted by atomic mass is 10.0. The van der Waals surface area contributed by atoms with Crippen LogP contribution in [0.4, 0.5) is 13.2 Å². The standard InChI is InChI=1S/C11H13BrF3NO2.ClH/c1-18-9-5-6(4-7(12)10(9)17)8(16)2-3-11(13,14)15;/h4-5,8,17H,2-3,16H2,1H3;1H/t8-;/m0./s1. The summed E-state index contributed by atoms with van der Waals surface area (Å²) in [7, 11) is 1.35. The number of hydrogen-bond acceptors (Lipinski definition) is 3. The highest BCUT2D eigenvalue weighted by molar-refractivity contribution is 9.10. The molecule has 0 radical (unpaired) electrons. The van der Waals surface area contributed by atoms with Crippen LogP contribution in [0.2, 0.25) is 0 Å². The second-order valence-electron chi connectivity index (χ2n) is 3.81. The van der Waals surface area contributed by atoms with Gasteiger partial charge in [-0.15, -0.1) is 12.4 Å². The molecule has 0 aromatic heterocycles. The Morgan fingerprint density at radius 1 is 1.42 bits per heavy atom. The zero-order chi connectivity index (χ0) is 13.9. The van der Waals surface area contributed by atoms with E-state index in [4.69, 9.17) is 10.5 Å². The molecule has 0 bridgehead atoms. The monoisotopic (exact) mass is 363 g/mol. The van der Waals surface area contributed by atoms with Gasteiger partial charge in [-0.05, 0) is 40.0 Å². The summed E-state index contributed by atoms with van der Waals surface area (Å²) < 4.78 is 41.5. The summed E-state index contributed by atoms with van der Waals surface area (Å²) in [5, 5.41) is 9.57. The summed E-state index contributed by atoms with van der Waals surface area (Å²) in [5.41, 5.74) is 6.16. The van der Waals surface area contributed by atoms with Gasteiger partial charge in [0.1, 0.15) is 0 Å². The maximum absolute atomic E-state index is 12.1. The predicted octanol–water partition coefficient (Wildman–Crippen LogP) is 3.93. The zero-order valence-electron chi connectivity index (χ0n) is 10.00. The third-order valence-electron chi connectivity index (χ3n) is 2.44. The summed E-state index contributed by atoms with van der Waals surface area (Å²) in [6.07, 6.45) is -5.39. The molecule has 1 rings (SSSR count). The van der Waals surface area contributed by atoms with E-state index in [1.165, 1.54) is 19.2 Å². The van der Waals surface area contributed by atoms with Crippen LogP contribution in [0.3, 0.4) is 0 Å². The smallest absolute Gasteiger partial charge is 0.389 e. The quantitative estimate of drug-likeness (QED) is 0.851. The Hall–Kier alpha value is -0.660. The lowest BCUT2D eigenvalue weighted by Gasteiger charge is -2.16. The molecule has 0 saturated carbocycles. The van der Waals surface area contributed by atoms with Gasteiger partial charge in [0.2, 0.25) is 0 Å². The molecule has 0 amide bonds. The molecule has 0 aliphatic carbocycles. The van der Waals surface area contributed by atoms with Crippen molar-refractivity contribution in [3.63, 3.8) is 0 Å². The molecule has 3 nitrogen and oxygen atoms in total. The molecule has 0 spiro atoms. The van der Waals surface area contributed by atoms with E-state index in [2.05, 4.69) is 15.9 Å². The van der Waals surface area contributed by atoms with Crippen molar-refractivity contribution in [2.45, 2.75) is 25.1 Å². The average molecular weight is 365 g/mol. The summed E-state index contributed by atoms with van der Waals surface area (Å²) in [6, 6.07) is 2.15. The Morgan fingerprint density at radius 3 is 2.47 bits per heavy atom. The van der Waals surface area contributed by atoms with Gasteiger partial charge in [-0.25, -0.2) is 0 Å². The largest absolute Gasteiger partial charge is 0.503 e. The van der Waals surface area contributed by atoms with Gasteiger partial charge in [0.05, 0.1) is 11.6 Å². The normalized spacial score (nSPS) is 12.7. The highest BCUT2D eigenvalue weighted by atomic mass is 79.9. The van der Waals surface area contributed by atoms with Crippen LogP contribution >= 0.6 is 28.3 Å². The molecule has 110 valence electrons. The minimum absolute atomic E-state index is 0. The van der Waals surface area contributed by atoms with Crippen molar-refractivity contribution < 1.29 is 23.0 Å². The second kappa shape index (κ2) is 7.21. The fourth-order valence-corrected chi connectivity index (χ4v) is 1.91. The molecule has 8 heteroatoms. The van der Waals surface area contributed by atoms with E-state index >= 15 is 0 Å². The van der Waals surface area contributed by atoms with Gasteiger partial charge >= 0.3 is 6.18 Å². The Labute approximate surface area is 123 Å². The molecular weight excluding hydrogens is 350 g/mol. The lowest BCUT2D eigenvalue weighted by molar-refractivity contribution is -0.136. The van der Waals surface area contributed by atoms with Gasteiger partial charge in [0.25, 0.3) is 0 Å². The van der Waals surface area contributed by atoms with E-state index in [1.54, 1.807) is 0 Å². The number of methoxy groups -OCH3 is 1. The first-order valence-corrected chi connectivity index (χ1v) is 5.92. The van der Waals surface area contributed by atoms with Gasteiger partial charge in [-0.3, -0.25) is 0 Å². The van der Waals surface area contributed by atoms with E-state index in [0.717, 1.165) is 0 Å². The fraction of sp³-hybridized carbons (Fsp3) is 0.455. The van der Waals surface area contributed by atoms with Crippen LogP contribution in [0.5, 0.6) is 11.5 Å². The Balaban J connectivity index is 0.00000324. The topological polar surface area (TPSA) is 55.5 Å². The van der Waals surface area contributed by atoms with Gasteiger partial charge in [-0.1, -0.05) is 0 Å². The highest BCUT2D eigenvalue weighted by Crippen LogP contribution is 2.37. The van der Waals surface area contributed by atoms with E-state index in [-0.39, 0.29) is 30.3 Å². The average Bonchev–Trinajstić information content (AvgIpc) is 2.28. The van der Waals surface area contributed by atoms with Crippen molar-refractivity contribution in [1.82, 2.24) is 0 Å². The number of aromatic hydroxyl groups is 1. The minimum Gasteiger partial charge on any atom is -0.503 e. The van der Waals surface area contributed by atoms with Crippen molar-refractivity contribution in [3.05, 3.63) is 22.2 Å². The van der Waals surface area contributed by atoms with Crippen molar-refractivity contribution in [2.75, 3.05) is 7.11 Å². The molecule has 19 heavy (non-hydrogen) atoms. The Bertz CT molecular complexity index is 429. The minimum atomic E-state index is -4.23. The molecule has 3 N–H and O–H groups in total. The number of ether oxygens (including phenoxy) is 1. The van der Waals surface area contributed by atoms with Crippen LogP contribution in [0, 0.1) is 0 Å². The summed E-state index contributed by atoms with van der Waals surface area (Å²) in [6.45, 7) is 0. The number of benzene rings is 1. The van der Waals surface area contributed by atoms with E-state index in [0.29, 0.717) is 10.0 Å². The van der Waals surface area contributed by atoms with Crippen molar-refractivity contribution in [3.8, 4) is 11.5 Å². The van der Waals surface area contributed by atoms with Crippen LogP contribution in [0.15, 0.2) is 16.6 Å². The molecule has 0 fully saturated rings. The molecule has 0 saturated heterocycles. The van der Waals surface area contributed by atoms with E-state index in [1.807, 2.05) is 0 Å². The number of rotatable bonds is 4. The second-order valence-corrected chi connectivity index (χ2v) is 4.67. The van der Waals surface area contributed by atoms with Crippen LogP contribution in [-0.4, -0.2) is 18.4 Å². The lowest BCUT2D eigenvalue weighted by Crippen LogP contribution is -2.15. The van der Waals surface area contributed by atoms with Gasteiger partial charge in [0.15, 0.2) is 11.5 Å². The SMILES string of the molecule is COc1cc([C@@H](N)CCC(F)(F)F)cc(Br)c1O.Cl. The first-order valence-electron chi connectivity index (χ1n) is 5.13. The van der Waals surface area contributed by atoms with Crippen molar-refractivity contribution >= 4 is 28.3 Å². The molecule has 0 heterocycles. The highest BCUT2D eigenvalue weighted by Gasteiger charge is 2.28. The van der Waals surface area contributed by atoms with Gasteiger partial charge < -0.3 is 15.6 Å². The molecule has 0 aliphatic rings. The molecule has 0 aliphatic heterocycles. The number of hydrogen-bond donors (Lipinski definition) is 2. The summed E-state index contributed by atoms with van der Waals surface area (Å²) in [4.78, 5) is 0. The van der Waals surface area contributed by atoms with Crippen LogP contribution in [0.1, 0.15) is 24.4 Å². The van der Waals surface area contributed by atoms with Crippen molar-refractivity contribution in [1.29, 1.82) is 0 Å². The first-order chi connectivity index (χ1) is 8.24.